The third-order valence-electron chi connectivity index (χ3n) is 2.68. The Labute approximate surface area is 129 Å². The van der Waals surface area contributed by atoms with Crippen LogP contribution in [0.4, 0.5) is 4.79 Å². The lowest BCUT2D eigenvalue weighted by Crippen LogP contribution is -2.51. The van der Waals surface area contributed by atoms with Crippen molar-refractivity contribution in [1.82, 2.24) is 10.2 Å². The van der Waals surface area contributed by atoms with E-state index in [-0.39, 0.29) is 17.5 Å². The number of aldehydes is 1. The summed E-state index contributed by atoms with van der Waals surface area (Å²) < 4.78 is 5.15. The van der Waals surface area contributed by atoms with Crippen LogP contribution < -0.4 is 5.32 Å². The van der Waals surface area contributed by atoms with Gasteiger partial charge in [0.1, 0.15) is 11.0 Å². The molecule has 0 aromatic rings. The monoisotopic (exact) mass is 318 g/mol. The first-order chi connectivity index (χ1) is 9.07. The summed E-state index contributed by atoms with van der Waals surface area (Å²) in [5.41, 5.74) is -0.733. The standard InChI is InChI=1S/C13H22N2O3S2/c1-12(2,3)18-11(17)14-6-9(19)15-10(7-16)20-8-13(15,4)5/h7,10H,6,8H2,1-5H3,(H,14,17). The average molecular weight is 318 g/mol. The maximum absolute atomic E-state index is 11.6. The molecule has 1 rings (SSSR count). The van der Waals surface area contributed by atoms with Crippen LogP contribution >= 0.6 is 24.0 Å². The molecule has 0 bridgehead atoms. The van der Waals surface area contributed by atoms with Gasteiger partial charge in [-0.05, 0) is 34.6 Å². The molecule has 5 nitrogen and oxygen atoms in total. The molecule has 1 aliphatic rings. The van der Waals surface area contributed by atoms with Gasteiger partial charge in [0.15, 0.2) is 6.29 Å². The number of thioether (sulfide) groups is 1. The highest BCUT2D eigenvalue weighted by Gasteiger charge is 2.41. The smallest absolute Gasteiger partial charge is 0.408 e. The Hall–Kier alpha value is -0.820. The zero-order valence-electron chi connectivity index (χ0n) is 12.6. The van der Waals surface area contributed by atoms with E-state index in [9.17, 15) is 9.59 Å². The second-order valence-corrected chi connectivity index (χ2v) is 7.85. The number of amides is 1. The molecule has 0 aromatic carbocycles. The van der Waals surface area contributed by atoms with Crippen molar-refractivity contribution in [2.75, 3.05) is 12.3 Å². The number of nitrogens with one attached hydrogen (secondary N) is 1. The molecule has 0 aliphatic carbocycles. The predicted molar refractivity (Wildman–Crippen MR) is 85.1 cm³/mol. The van der Waals surface area contributed by atoms with Crippen molar-refractivity contribution in [1.29, 1.82) is 0 Å². The van der Waals surface area contributed by atoms with E-state index in [0.29, 0.717) is 4.99 Å². The molecule has 1 saturated heterocycles. The van der Waals surface area contributed by atoms with Crippen LogP contribution in [0.15, 0.2) is 0 Å². The van der Waals surface area contributed by atoms with E-state index >= 15 is 0 Å². The first kappa shape index (κ1) is 17.2. The Morgan fingerprint density at radius 2 is 2.15 bits per heavy atom. The summed E-state index contributed by atoms with van der Waals surface area (Å²) in [6, 6.07) is 0. The van der Waals surface area contributed by atoms with Crippen LogP contribution in [0.5, 0.6) is 0 Å². The van der Waals surface area contributed by atoms with Crippen molar-refractivity contribution in [2.45, 2.75) is 51.1 Å². The molecule has 1 amide bonds. The van der Waals surface area contributed by atoms with Gasteiger partial charge in [-0.2, -0.15) is 0 Å². The van der Waals surface area contributed by atoms with Crippen molar-refractivity contribution in [2.24, 2.45) is 0 Å². The summed E-state index contributed by atoms with van der Waals surface area (Å²) in [6.45, 7) is 9.65. The van der Waals surface area contributed by atoms with Crippen molar-refractivity contribution >= 4 is 41.3 Å². The van der Waals surface area contributed by atoms with Gasteiger partial charge in [0, 0.05) is 11.3 Å². The summed E-state index contributed by atoms with van der Waals surface area (Å²) in [4.78, 5) is 25.1. The van der Waals surface area contributed by atoms with Gasteiger partial charge in [-0.3, -0.25) is 0 Å². The van der Waals surface area contributed by atoms with Crippen molar-refractivity contribution in [3.05, 3.63) is 0 Å². The summed E-state index contributed by atoms with van der Waals surface area (Å²) in [7, 11) is 0. The molecular weight excluding hydrogens is 296 g/mol. The SMILES string of the molecule is CC(C)(C)OC(=O)NCC(=S)N1C(C=O)SCC1(C)C. The molecule has 1 N–H and O–H groups in total. The Balaban J connectivity index is 2.58. The van der Waals surface area contributed by atoms with E-state index in [1.54, 1.807) is 32.5 Å². The minimum absolute atomic E-state index is 0.192. The molecule has 1 fully saturated rings. The van der Waals surface area contributed by atoms with Gasteiger partial charge in [0.05, 0.1) is 11.5 Å². The zero-order valence-corrected chi connectivity index (χ0v) is 14.2. The van der Waals surface area contributed by atoms with Crippen LogP contribution in [0.25, 0.3) is 0 Å². The van der Waals surface area contributed by atoms with Gasteiger partial charge in [0.25, 0.3) is 0 Å². The molecular formula is C13H22N2O3S2. The van der Waals surface area contributed by atoms with Gasteiger partial charge in [0.2, 0.25) is 0 Å². The first-order valence-electron chi connectivity index (χ1n) is 6.43. The Kier molecular flexibility index (Phi) is 5.43. The number of rotatable bonds is 3. The first-order valence-corrected chi connectivity index (χ1v) is 7.88. The number of hydrogen-bond acceptors (Lipinski definition) is 5. The number of alkyl carbamates (subject to hydrolysis) is 1. The molecule has 1 aliphatic heterocycles. The predicted octanol–water partition coefficient (Wildman–Crippen LogP) is 2.19. The van der Waals surface area contributed by atoms with Gasteiger partial charge >= 0.3 is 6.09 Å². The number of thiocarbonyl (C=S) groups is 1. The number of ether oxygens (including phenoxy) is 1. The highest BCUT2D eigenvalue weighted by Crippen LogP contribution is 2.35. The molecule has 1 unspecified atom stereocenters. The van der Waals surface area contributed by atoms with E-state index in [2.05, 4.69) is 5.32 Å². The van der Waals surface area contributed by atoms with Crippen molar-refractivity contribution in [3.8, 4) is 0 Å². The van der Waals surface area contributed by atoms with Gasteiger partial charge < -0.3 is 19.7 Å². The number of carbonyl (C=O) groups excluding carboxylic acids is 2. The van der Waals surface area contributed by atoms with E-state index in [1.807, 2.05) is 18.7 Å². The lowest BCUT2D eigenvalue weighted by molar-refractivity contribution is -0.109. The van der Waals surface area contributed by atoms with Crippen molar-refractivity contribution in [3.63, 3.8) is 0 Å². The van der Waals surface area contributed by atoms with Crippen LogP contribution in [0.1, 0.15) is 34.6 Å². The average Bonchev–Trinajstić information content (AvgIpc) is 2.59. The highest BCUT2D eigenvalue weighted by atomic mass is 32.2. The fourth-order valence-corrected chi connectivity index (χ4v) is 3.76. The maximum atomic E-state index is 11.6. The normalized spacial score (nSPS) is 21.4. The molecule has 114 valence electrons. The van der Waals surface area contributed by atoms with E-state index in [4.69, 9.17) is 17.0 Å². The molecule has 7 heteroatoms. The zero-order chi connectivity index (χ0) is 15.6. The molecule has 0 spiro atoms. The van der Waals surface area contributed by atoms with Crippen LogP contribution in [0.2, 0.25) is 0 Å². The van der Waals surface area contributed by atoms with E-state index < -0.39 is 11.7 Å². The van der Waals surface area contributed by atoms with E-state index in [1.165, 1.54) is 0 Å². The molecule has 0 radical (unpaired) electrons. The lowest BCUT2D eigenvalue weighted by Gasteiger charge is -2.35. The fourth-order valence-electron chi connectivity index (χ4n) is 1.90. The molecule has 0 saturated carbocycles. The van der Waals surface area contributed by atoms with Crippen LogP contribution in [-0.4, -0.2) is 51.1 Å². The Morgan fingerprint density at radius 1 is 1.55 bits per heavy atom. The quantitative estimate of drug-likeness (QED) is 0.636. The molecule has 0 aromatic heterocycles. The number of nitrogens with zero attached hydrogens (tertiary/aromatic N) is 1. The topological polar surface area (TPSA) is 58.6 Å². The highest BCUT2D eigenvalue weighted by molar-refractivity contribution is 8.00. The second kappa shape index (κ2) is 6.30. The van der Waals surface area contributed by atoms with Crippen LogP contribution in [0, 0.1) is 0 Å². The minimum atomic E-state index is -0.542. The fraction of sp³-hybridized carbons (Fsp3) is 0.769. The minimum Gasteiger partial charge on any atom is -0.444 e. The van der Waals surface area contributed by atoms with E-state index in [0.717, 1.165) is 12.0 Å². The second-order valence-electron chi connectivity index (χ2n) is 6.27. The van der Waals surface area contributed by atoms with Gasteiger partial charge in [-0.1, -0.05) is 12.2 Å². The molecule has 20 heavy (non-hydrogen) atoms. The maximum Gasteiger partial charge on any atom is 0.408 e. The summed E-state index contributed by atoms with van der Waals surface area (Å²) in [5.74, 6) is 0.822. The largest absolute Gasteiger partial charge is 0.444 e. The Morgan fingerprint density at radius 3 is 2.65 bits per heavy atom. The summed E-state index contributed by atoms with van der Waals surface area (Å²) in [6.07, 6.45) is 0.381. The lowest BCUT2D eigenvalue weighted by atomic mass is 10.1. The molecule has 1 atom stereocenters. The molecule has 1 heterocycles. The van der Waals surface area contributed by atoms with Crippen molar-refractivity contribution < 1.29 is 14.3 Å². The Bertz CT molecular complexity index is 405. The van der Waals surface area contributed by atoms with Crippen LogP contribution in [-0.2, 0) is 9.53 Å². The third kappa shape index (κ3) is 4.63. The van der Waals surface area contributed by atoms with Gasteiger partial charge in [-0.25, -0.2) is 4.79 Å². The summed E-state index contributed by atoms with van der Waals surface area (Å²) in [5, 5.41) is 2.35. The van der Waals surface area contributed by atoms with Gasteiger partial charge in [-0.15, -0.1) is 11.8 Å². The summed E-state index contributed by atoms with van der Waals surface area (Å²) >= 11 is 6.91. The number of carbonyl (C=O) groups is 2. The number of hydrogen-bond donors (Lipinski definition) is 1. The third-order valence-corrected chi connectivity index (χ3v) is 4.56. The van der Waals surface area contributed by atoms with Crippen LogP contribution in [0.3, 0.4) is 0 Å².